The molecule has 2 N–H and O–H groups in total. The minimum absolute atomic E-state index is 0.309. The average molecular weight is 338 g/mol. The van der Waals surface area contributed by atoms with Crippen molar-refractivity contribution in [1.82, 2.24) is 0 Å². The first-order valence-corrected chi connectivity index (χ1v) is 10.8. The van der Waals surface area contributed by atoms with Crippen LogP contribution in [0.1, 0.15) is 10.4 Å². The Labute approximate surface area is 135 Å². The van der Waals surface area contributed by atoms with E-state index in [2.05, 4.69) is 0 Å². The first kappa shape index (κ1) is 17.6. The molecule has 7 heteroatoms. The van der Waals surface area contributed by atoms with Crippen LogP contribution in [0.4, 0.5) is 8.78 Å². The van der Waals surface area contributed by atoms with Crippen molar-refractivity contribution in [1.29, 1.82) is 5.26 Å². The molecule has 1 aliphatic carbocycles. The number of carbonyl (C=O) groups excluding carboxylic acids is 1. The summed E-state index contributed by atoms with van der Waals surface area (Å²) in [6, 6.07) is 8.65. The van der Waals surface area contributed by atoms with Gasteiger partial charge in [-0.2, -0.15) is 5.26 Å². The van der Waals surface area contributed by atoms with Crippen LogP contribution < -0.4 is 5.73 Å². The van der Waals surface area contributed by atoms with Crippen LogP contribution in [-0.2, 0) is 4.74 Å². The predicted octanol–water partition coefficient (Wildman–Crippen LogP) is 3.04. The van der Waals surface area contributed by atoms with Gasteiger partial charge in [0.2, 0.25) is 0 Å². The molecule has 0 radical (unpaired) electrons. The standard InChI is InChI=1S/C16H20F2N2O2Si/c1-23(2,3)15(13(12(20)9-19)16(15,17)18)10-22-14(21)11-7-5-4-6-8-11/h4-8,12-13H,10,20H2,1-3H3/t12-,13+,15?/m1/s1. The topological polar surface area (TPSA) is 76.1 Å². The van der Waals surface area contributed by atoms with E-state index in [1.54, 1.807) is 56.0 Å². The van der Waals surface area contributed by atoms with Crippen molar-refractivity contribution < 1.29 is 18.3 Å². The molecule has 0 spiro atoms. The molecular weight excluding hydrogens is 318 g/mol. The van der Waals surface area contributed by atoms with E-state index in [1.165, 1.54) is 0 Å². The molecule has 0 amide bonds. The molecule has 0 aliphatic heterocycles. The molecule has 0 saturated heterocycles. The summed E-state index contributed by atoms with van der Waals surface area (Å²) in [6.07, 6.45) is 0. The fourth-order valence-corrected chi connectivity index (χ4v) is 6.18. The van der Waals surface area contributed by atoms with E-state index in [1.807, 2.05) is 0 Å². The molecule has 0 aromatic heterocycles. The molecule has 4 nitrogen and oxygen atoms in total. The fraction of sp³-hybridized carbons (Fsp3) is 0.500. The summed E-state index contributed by atoms with van der Waals surface area (Å²) in [5.41, 5.74) is 5.89. The van der Waals surface area contributed by atoms with Crippen LogP contribution in [0.3, 0.4) is 0 Å². The second-order valence-electron chi connectivity index (χ2n) is 6.92. The number of rotatable bonds is 5. The number of halogens is 2. The van der Waals surface area contributed by atoms with Crippen molar-refractivity contribution in [3.05, 3.63) is 35.9 Å². The zero-order valence-electron chi connectivity index (χ0n) is 13.3. The number of nitrogens with zero attached hydrogens (tertiary/aromatic N) is 1. The number of nitriles is 1. The number of alkyl halides is 2. The quantitative estimate of drug-likeness (QED) is 0.661. The van der Waals surface area contributed by atoms with Gasteiger partial charge < -0.3 is 10.5 Å². The highest BCUT2D eigenvalue weighted by atomic mass is 28.3. The van der Waals surface area contributed by atoms with Crippen molar-refractivity contribution in [2.24, 2.45) is 11.7 Å². The molecule has 1 fully saturated rings. The Morgan fingerprint density at radius 2 is 1.96 bits per heavy atom. The summed E-state index contributed by atoms with van der Waals surface area (Å²) in [7, 11) is -2.48. The fourth-order valence-electron chi connectivity index (χ4n) is 3.30. The molecule has 0 heterocycles. The molecule has 0 bridgehead atoms. The van der Waals surface area contributed by atoms with E-state index in [-0.39, 0.29) is 0 Å². The molecule has 3 atom stereocenters. The smallest absolute Gasteiger partial charge is 0.338 e. The maximum Gasteiger partial charge on any atom is 0.338 e. The van der Waals surface area contributed by atoms with Gasteiger partial charge in [-0.3, -0.25) is 0 Å². The second kappa shape index (κ2) is 5.69. The van der Waals surface area contributed by atoms with Gasteiger partial charge in [-0.05, 0) is 12.1 Å². The lowest BCUT2D eigenvalue weighted by atomic mass is 10.2. The summed E-state index contributed by atoms with van der Waals surface area (Å²) in [5, 5.41) is 7.43. The van der Waals surface area contributed by atoms with Crippen molar-refractivity contribution >= 4 is 14.0 Å². The molecule has 1 saturated carbocycles. The van der Waals surface area contributed by atoms with Gasteiger partial charge in [-0.25, -0.2) is 13.6 Å². The first-order valence-electron chi connectivity index (χ1n) is 7.35. The first-order chi connectivity index (χ1) is 10.6. The van der Waals surface area contributed by atoms with E-state index in [0.29, 0.717) is 5.56 Å². The van der Waals surface area contributed by atoms with Gasteiger partial charge in [0.1, 0.15) is 12.6 Å². The third-order valence-electron chi connectivity index (χ3n) is 4.72. The molecule has 2 rings (SSSR count). The number of esters is 1. The van der Waals surface area contributed by atoms with Crippen molar-refractivity contribution in [2.45, 2.75) is 36.6 Å². The minimum Gasteiger partial charge on any atom is -0.462 e. The van der Waals surface area contributed by atoms with Gasteiger partial charge in [0.25, 0.3) is 5.92 Å². The summed E-state index contributed by atoms with van der Waals surface area (Å²) in [5.74, 6) is -5.01. The van der Waals surface area contributed by atoms with E-state index in [0.717, 1.165) is 0 Å². The van der Waals surface area contributed by atoms with E-state index >= 15 is 0 Å². The number of carbonyl (C=O) groups is 1. The summed E-state index contributed by atoms with van der Waals surface area (Å²) >= 11 is 0. The molecule has 1 aliphatic rings. The lowest BCUT2D eigenvalue weighted by Crippen LogP contribution is -2.39. The number of hydrogen-bond acceptors (Lipinski definition) is 4. The minimum atomic E-state index is -3.09. The second-order valence-corrected chi connectivity index (χ2v) is 12.3. The zero-order chi connectivity index (χ0) is 17.5. The third kappa shape index (κ3) is 2.66. The Morgan fingerprint density at radius 3 is 2.43 bits per heavy atom. The normalized spacial score (nSPS) is 26.9. The van der Waals surface area contributed by atoms with Gasteiger partial charge in [-0.15, -0.1) is 0 Å². The maximum atomic E-state index is 14.5. The Kier molecular flexibility index (Phi) is 4.35. The molecule has 1 aromatic rings. The van der Waals surface area contributed by atoms with E-state index in [4.69, 9.17) is 15.7 Å². The zero-order valence-corrected chi connectivity index (χ0v) is 14.3. The molecule has 23 heavy (non-hydrogen) atoms. The highest BCUT2D eigenvalue weighted by molar-refractivity contribution is 6.80. The summed E-state index contributed by atoms with van der Waals surface area (Å²) < 4.78 is 34.2. The largest absolute Gasteiger partial charge is 0.462 e. The van der Waals surface area contributed by atoms with Crippen molar-refractivity contribution in [3.8, 4) is 6.07 Å². The number of hydrogen-bond donors (Lipinski definition) is 1. The van der Waals surface area contributed by atoms with Gasteiger partial charge in [0, 0.05) is 0 Å². The Balaban J connectivity index is 2.23. The number of ether oxygens (including phenoxy) is 1. The maximum absolute atomic E-state index is 14.5. The Morgan fingerprint density at radius 1 is 1.39 bits per heavy atom. The van der Waals surface area contributed by atoms with Gasteiger partial charge in [-0.1, -0.05) is 37.8 Å². The Hall–Kier alpha value is -1.78. The van der Waals surface area contributed by atoms with Crippen LogP contribution in [-0.4, -0.2) is 32.6 Å². The van der Waals surface area contributed by atoms with Crippen LogP contribution in [0, 0.1) is 17.2 Å². The highest BCUT2D eigenvalue weighted by Gasteiger charge is 2.86. The van der Waals surface area contributed by atoms with Crippen LogP contribution >= 0.6 is 0 Å². The summed E-state index contributed by atoms with van der Waals surface area (Å²) in [6.45, 7) is 4.92. The molecule has 124 valence electrons. The molecule has 1 aromatic carbocycles. The lowest BCUT2D eigenvalue weighted by Gasteiger charge is -2.29. The number of benzene rings is 1. The van der Waals surface area contributed by atoms with E-state index < -0.39 is 43.6 Å². The van der Waals surface area contributed by atoms with Crippen LogP contribution in [0.15, 0.2) is 30.3 Å². The van der Waals surface area contributed by atoms with Gasteiger partial charge in [0.05, 0.1) is 30.7 Å². The summed E-state index contributed by atoms with van der Waals surface area (Å²) in [4.78, 5) is 12.1. The number of nitrogens with two attached hydrogens (primary N) is 1. The van der Waals surface area contributed by atoms with Crippen LogP contribution in [0.25, 0.3) is 0 Å². The average Bonchev–Trinajstić information content (AvgIpc) is 3.01. The monoisotopic (exact) mass is 338 g/mol. The highest BCUT2D eigenvalue weighted by Crippen LogP contribution is 2.77. The predicted molar refractivity (Wildman–Crippen MR) is 84.8 cm³/mol. The van der Waals surface area contributed by atoms with E-state index in [9.17, 15) is 13.6 Å². The molecular formula is C16H20F2N2O2Si. The van der Waals surface area contributed by atoms with Gasteiger partial charge in [0.15, 0.2) is 0 Å². The van der Waals surface area contributed by atoms with Gasteiger partial charge >= 0.3 is 5.97 Å². The third-order valence-corrected chi connectivity index (χ3v) is 8.19. The van der Waals surface area contributed by atoms with Crippen LogP contribution in [0.2, 0.25) is 24.7 Å². The van der Waals surface area contributed by atoms with Crippen molar-refractivity contribution in [3.63, 3.8) is 0 Å². The lowest BCUT2D eigenvalue weighted by molar-refractivity contribution is 0.0373. The Bertz CT molecular complexity index is 640. The van der Waals surface area contributed by atoms with Crippen LogP contribution in [0.5, 0.6) is 0 Å². The SMILES string of the molecule is C[Si](C)(C)C1(COC(=O)c2ccccc2)[C@H]([C@H](N)C#N)C1(F)F. The van der Waals surface area contributed by atoms with Crippen molar-refractivity contribution in [2.75, 3.05) is 6.61 Å². The molecule has 1 unspecified atom stereocenters.